The molecule has 1 N–H and O–H groups in total. The van der Waals surface area contributed by atoms with Crippen LogP contribution in [0.3, 0.4) is 0 Å². The first-order valence-corrected chi connectivity index (χ1v) is 5.94. The van der Waals surface area contributed by atoms with Crippen LogP contribution in [-0.2, 0) is 4.74 Å². The lowest BCUT2D eigenvalue weighted by atomic mass is 9.98. The highest BCUT2D eigenvalue weighted by atomic mass is 16.5. The smallest absolute Gasteiger partial charge is 0.104 e. The number of nitrogens with one attached hydrogen (secondary N) is 1. The van der Waals surface area contributed by atoms with E-state index < -0.39 is 0 Å². The first-order valence-electron chi connectivity index (χ1n) is 5.94. The molecule has 1 atom stereocenters. The zero-order valence-corrected chi connectivity index (χ0v) is 9.88. The van der Waals surface area contributed by atoms with Crippen molar-refractivity contribution in [3.8, 4) is 6.07 Å². The maximum absolute atomic E-state index is 9.02. The third kappa shape index (κ3) is 5.15. The zero-order chi connectivity index (χ0) is 11.1. The summed E-state index contributed by atoms with van der Waals surface area (Å²) in [5.74, 6) is 0.834. The molecule has 0 aromatic heterocycles. The molecule has 86 valence electrons. The maximum Gasteiger partial charge on any atom is 0.104 e. The largest absolute Gasteiger partial charge is 0.381 e. The summed E-state index contributed by atoms with van der Waals surface area (Å²) in [4.78, 5) is 0. The maximum atomic E-state index is 9.02. The van der Waals surface area contributed by atoms with Crippen molar-refractivity contribution >= 4 is 0 Å². The van der Waals surface area contributed by atoms with Gasteiger partial charge in [-0.1, -0.05) is 6.92 Å². The average Bonchev–Trinajstić information content (AvgIpc) is 3.02. The Hall–Kier alpha value is -0.590. The van der Waals surface area contributed by atoms with Crippen LogP contribution in [0.15, 0.2) is 0 Å². The molecule has 0 amide bonds. The summed E-state index contributed by atoms with van der Waals surface area (Å²) in [5.41, 5.74) is -0.377. The Morgan fingerprint density at radius 2 is 2.27 bits per heavy atom. The highest BCUT2D eigenvalue weighted by Crippen LogP contribution is 2.28. The monoisotopic (exact) mass is 210 g/mol. The van der Waals surface area contributed by atoms with Gasteiger partial charge in [0.25, 0.3) is 0 Å². The molecule has 0 heterocycles. The van der Waals surface area contributed by atoms with E-state index in [0.717, 1.165) is 38.5 Å². The number of hydrogen-bond donors (Lipinski definition) is 1. The fourth-order valence-corrected chi connectivity index (χ4v) is 1.64. The first kappa shape index (κ1) is 12.5. The van der Waals surface area contributed by atoms with Gasteiger partial charge in [-0.25, -0.2) is 0 Å². The van der Waals surface area contributed by atoms with E-state index in [1.807, 2.05) is 13.8 Å². The topological polar surface area (TPSA) is 45.0 Å². The SMILES string of the molecule is CCNC(C)(C#N)CCCOCC1CC1. The van der Waals surface area contributed by atoms with Crippen LogP contribution in [0.5, 0.6) is 0 Å². The predicted octanol–water partition coefficient (Wildman–Crippen LogP) is 2.08. The Morgan fingerprint density at radius 3 is 2.80 bits per heavy atom. The lowest BCUT2D eigenvalue weighted by Gasteiger charge is -2.22. The molecule has 0 radical (unpaired) electrons. The molecule has 1 unspecified atom stereocenters. The summed E-state index contributed by atoms with van der Waals surface area (Å²) < 4.78 is 5.54. The summed E-state index contributed by atoms with van der Waals surface area (Å²) in [6, 6.07) is 2.32. The number of nitriles is 1. The Bertz CT molecular complexity index is 220. The van der Waals surface area contributed by atoms with Crippen LogP contribution in [0.1, 0.15) is 39.5 Å². The molecule has 1 fully saturated rings. The second-order valence-corrected chi connectivity index (χ2v) is 4.60. The van der Waals surface area contributed by atoms with Crippen LogP contribution in [-0.4, -0.2) is 25.3 Å². The highest BCUT2D eigenvalue weighted by Gasteiger charge is 2.23. The summed E-state index contributed by atoms with van der Waals surface area (Å²) in [6.45, 7) is 6.53. The fraction of sp³-hybridized carbons (Fsp3) is 0.917. The first-order chi connectivity index (χ1) is 7.20. The molecule has 1 rings (SSSR count). The molecular weight excluding hydrogens is 188 g/mol. The minimum atomic E-state index is -0.377. The van der Waals surface area contributed by atoms with Crippen LogP contribution in [0.4, 0.5) is 0 Å². The van der Waals surface area contributed by atoms with Gasteiger partial charge in [-0.15, -0.1) is 0 Å². The van der Waals surface area contributed by atoms with Gasteiger partial charge in [0, 0.05) is 13.2 Å². The van der Waals surface area contributed by atoms with Crippen LogP contribution in [0, 0.1) is 17.2 Å². The normalized spacial score (nSPS) is 19.5. The Labute approximate surface area is 92.8 Å². The van der Waals surface area contributed by atoms with E-state index >= 15 is 0 Å². The third-order valence-electron chi connectivity index (χ3n) is 2.83. The summed E-state index contributed by atoms with van der Waals surface area (Å²) in [6.07, 6.45) is 4.51. The minimum absolute atomic E-state index is 0.377. The van der Waals surface area contributed by atoms with Crippen LogP contribution in [0.25, 0.3) is 0 Å². The lowest BCUT2D eigenvalue weighted by molar-refractivity contribution is 0.117. The quantitative estimate of drug-likeness (QED) is 0.624. The minimum Gasteiger partial charge on any atom is -0.381 e. The summed E-state index contributed by atoms with van der Waals surface area (Å²) in [5, 5.41) is 12.2. The van der Waals surface area contributed by atoms with Crippen LogP contribution in [0.2, 0.25) is 0 Å². The summed E-state index contributed by atoms with van der Waals surface area (Å²) in [7, 11) is 0. The summed E-state index contributed by atoms with van der Waals surface area (Å²) >= 11 is 0. The molecule has 0 aliphatic heterocycles. The molecule has 1 saturated carbocycles. The molecule has 3 nitrogen and oxygen atoms in total. The van der Waals surface area contributed by atoms with Gasteiger partial charge in [-0.2, -0.15) is 5.26 Å². The number of hydrogen-bond acceptors (Lipinski definition) is 3. The zero-order valence-electron chi connectivity index (χ0n) is 9.88. The van der Waals surface area contributed by atoms with E-state index in [0.29, 0.717) is 0 Å². The molecular formula is C12H22N2O. The van der Waals surface area contributed by atoms with Crippen molar-refractivity contribution in [3.05, 3.63) is 0 Å². The second kappa shape index (κ2) is 6.09. The lowest BCUT2D eigenvalue weighted by Crippen LogP contribution is -2.40. The van der Waals surface area contributed by atoms with Gasteiger partial charge in [-0.05, 0) is 45.1 Å². The second-order valence-electron chi connectivity index (χ2n) is 4.60. The van der Waals surface area contributed by atoms with E-state index in [-0.39, 0.29) is 5.54 Å². The van der Waals surface area contributed by atoms with Crippen molar-refractivity contribution in [2.45, 2.75) is 45.1 Å². The molecule has 3 heteroatoms. The number of rotatable bonds is 8. The van der Waals surface area contributed by atoms with Gasteiger partial charge < -0.3 is 4.74 Å². The van der Waals surface area contributed by atoms with E-state index in [2.05, 4.69) is 11.4 Å². The van der Waals surface area contributed by atoms with Crippen molar-refractivity contribution in [1.82, 2.24) is 5.32 Å². The fourth-order valence-electron chi connectivity index (χ4n) is 1.64. The van der Waals surface area contributed by atoms with Gasteiger partial charge in [0.2, 0.25) is 0 Å². The van der Waals surface area contributed by atoms with Gasteiger partial charge in [0.1, 0.15) is 5.54 Å². The highest BCUT2D eigenvalue weighted by molar-refractivity contribution is 5.03. The van der Waals surface area contributed by atoms with E-state index in [9.17, 15) is 0 Å². The van der Waals surface area contributed by atoms with Crippen LogP contribution < -0.4 is 5.32 Å². The Balaban J connectivity index is 2.02. The molecule has 0 aromatic rings. The van der Waals surface area contributed by atoms with E-state index in [1.54, 1.807) is 0 Å². The van der Waals surface area contributed by atoms with Crippen molar-refractivity contribution in [2.24, 2.45) is 5.92 Å². The molecule has 0 bridgehead atoms. The number of nitrogens with zero attached hydrogens (tertiary/aromatic N) is 1. The van der Waals surface area contributed by atoms with Gasteiger partial charge in [0.05, 0.1) is 6.07 Å². The molecule has 0 spiro atoms. The van der Waals surface area contributed by atoms with Gasteiger partial charge >= 0.3 is 0 Å². The van der Waals surface area contributed by atoms with Crippen molar-refractivity contribution in [3.63, 3.8) is 0 Å². The molecule has 1 aliphatic carbocycles. The molecule has 15 heavy (non-hydrogen) atoms. The standard InChI is InChI=1S/C12H22N2O/c1-3-14-12(2,10-13)7-4-8-15-9-11-5-6-11/h11,14H,3-9H2,1-2H3. The Morgan fingerprint density at radius 1 is 1.53 bits per heavy atom. The molecule has 1 aliphatic rings. The van der Waals surface area contributed by atoms with E-state index in [1.165, 1.54) is 12.8 Å². The molecule has 0 saturated heterocycles. The Kier molecular flexibility index (Phi) is 5.07. The van der Waals surface area contributed by atoms with Gasteiger partial charge in [0.15, 0.2) is 0 Å². The number of ether oxygens (including phenoxy) is 1. The average molecular weight is 210 g/mol. The van der Waals surface area contributed by atoms with E-state index in [4.69, 9.17) is 10.00 Å². The van der Waals surface area contributed by atoms with Crippen molar-refractivity contribution < 1.29 is 4.74 Å². The van der Waals surface area contributed by atoms with Crippen molar-refractivity contribution in [1.29, 1.82) is 5.26 Å². The van der Waals surface area contributed by atoms with Gasteiger partial charge in [-0.3, -0.25) is 5.32 Å². The molecule has 0 aromatic carbocycles. The van der Waals surface area contributed by atoms with Crippen molar-refractivity contribution in [2.75, 3.05) is 19.8 Å². The third-order valence-corrected chi connectivity index (χ3v) is 2.83. The van der Waals surface area contributed by atoms with Crippen LogP contribution >= 0.6 is 0 Å². The predicted molar refractivity (Wildman–Crippen MR) is 60.5 cm³/mol.